The summed E-state index contributed by atoms with van der Waals surface area (Å²) in [4.78, 5) is 39.2. The number of hydrogen-bond acceptors (Lipinski definition) is 5. The molecule has 0 bridgehead atoms. The molecule has 1 aliphatic rings. The Bertz CT molecular complexity index is 1180. The van der Waals surface area contributed by atoms with Gasteiger partial charge >= 0.3 is 5.97 Å². The van der Waals surface area contributed by atoms with E-state index in [1.165, 1.54) is 0 Å². The lowest BCUT2D eigenvalue weighted by Gasteiger charge is -2.45. The topological polar surface area (TPSA) is 69.7 Å². The van der Waals surface area contributed by atoms with Gasteiger partial charge < -0.3 is 9.16 Å². The van der Waals surface area contributed by atoms with E-state index in [2.05, 4.69) is 51.6 Å². The van der Waals surface area contributed by atoms with Crippen LogP contribution in [0, 0.1) is 5.41 Å². The van der Waals surface area contributed by atoms with E-state index in [1.54, 1.807) is 26.8 Å². The summed E-state index contributed by atoms with van der Waals surface area (Å²) in [6.07, 6.45) is 3.06. The fraction of sp³-hybridized carbons (Fsp3) is 0.424. The van der Waals surface area contributed by atoms with Gasteiger partial charge in [-0.2, -0.15) is 0 Å². The Balaban J connectivity index is 2.05. The van der Waals surface area contributed by atoms with Gasteiger partial charge in [-0.1, -0.05) is 87.5 Å². The van der Waals surface area contributed by atoms with Gasteiger partial charge in [0.1, 0.15) is 0 Å². The average molecular weight is 547 g/mol. The Morgan fingerprint density at radius 2 is 1.46 bits per heavy atom. The summed E-state index contributed by atoms with van der Waals surface area (Å²) in [7, 11) is -2.92. The van der Waals surface area contributed by atoms with Crippen molar-refractivity contribution < 1.29 is 23.5 Å². The van der Waals surface area contributed by atoms with E-state index >= 15 is 0 Å². The van der Waals surface area contributed by atoms with Crippen molar-refractivity contribution in [3.05, 3.63) is 84.7 Å². The number of ether oxygens (including phenoxy) is 1. The lowest BCUT2D eigenvalue weighted by atomic mass is 9.90. The maximum Gasteiger partial charge on any atom is 0.316 e. The van der Waals surface area contributed by atoms with Crippen LogP contribution < -0.4 is 10.4 Å². The highest BCUT2D eigenvalue weighted by Crippen LogP contribution is 2.38. The third-order valence-corrected chi connectivity index (χ3v) is 12.2. The molecule has 0 saturated carbocycles. The SMILES string of the molecule is C=CC[C@@H](CC(=O)C1=C(OC(=O)C(C)(C)C)C(=O)CCC1)O[Si](c1ccccc1)(c1ccccc1)C(C)(C)C. The van der Waals surface area contributed by atoms with E-state index in [-0.39, 0.29) is 35.2 Å². The first kappa shape index (κ1) is 30.4. The van der Waals surface area contributed by atoms with Crippen LogP contribution in [-0.2, 0) is 23.5 Å². The van der Waals surface area contributed by atoms with E-state index in [9.17, 15) is 14.4 Å². The van der Waals surface area contributed by atoms with Gasteiger partial charge in [-0.3, -0.25) is 14.4 Å². The van der Waals surface area contributed by atoms with Crippen LogP contribution in [0.15, 0.2) is 84.7 Å². The minimum Gasteiger partial charge on any atom is -0.422 e. The molecule has 0 amide bonds. The van der Waals surface area contributed by atoms with Gasteiger partial charge in [0.2, 0.25) is 0 Å². The third kappa shape index (κ3) is 6.92. The minimum atomic E-state index is -2.92. The maximum absolute atomic E-state index is 13.8. The molecule has 2 aromatic rings. The molecule has 0 saturated heterocycles. The van der Waals surface area contributed by atoms with Gasteiger partial charge in [0, 0.05) is 18.4 Å². The molecule has 0 N–H and O–H groups in total. The van der Waals surface area contributed by atoms with Crippen molar-refractivity contribution in [1.29, 1.82) is 0 Å². The Labute approximate surface area is 234 Å². The number of ketones is 2. The van der Waals surface area contributed by atoms with Crippen molar-refractivity contribution in [2.24, 2.45) is 5.41 Å². The molecule has 0 heterocycles. The number of carbonyl (C=O) groups excluding carboxylic acids is 3. The molecule has 0 spiro atoms. The molecule has 6 heteroatoms. The van der Waals surface area contributed by atoms with Crippen LogP contribution in [0.5, 0.6) is 0 Å². The first-order valence-electron chi connectivity index (χ1n) is 13.7. The van der Waals surface area contributed by atoms with Crippen LogP contribution in [0.1, 0.15) is 73.6 Å². The molecule has 0 fully saturated rings. The van der Waals surface area contributed by atoms with Crippen molar-refractivity contribution >= 4 is 36.2 Å². The molecule has 5 nitrogen and oxygen atoms in total. The number of esters is 1. The summed E-state index contributed by atoms with van der Waals surface area (Å²) in [6, 6.07) is 20.5. The minimum absolute atomic E-state index is 0.0652. The summed E-state index contributed by atoms with van der Waals surface area (Å²) in [5, 5.41) is 1.99. The van der Waals surface area contributed by atoms with Gasteiger partial charge in [-0.25, -0.2) is 0 Å². The summed E-state index contributed by atoms with van der Waals surface area (Å²) in [5.74, 6) is -1.13. The normalized spacial score (nSPS) is 15.6. The van der Waals surface area contributed by atoms with E-state index in [0.29, 0.717) is 24.8 Å². The van der Waals surface area contributed by atoms with Crippen LogP contribution in [0.4, 0.5) is 0 Å². The molecule has 0 aromatic heterocycles. The fourth-order valence-electron chi connectivity index (χ4n) is 5.08. The van der Waals surface area contributed by atoms with Crippen molar-refractivity contribution in [1.82, 2.24) is 0 Å². The number of benzene rings is 2. The van der Waals surface area contributed by atoms with Crippen LogP contribution in [0.2, 0.25) is 5.04 Å². The maximum atomic E-state index is 13.8. The molecule has 1 aliphatic carbocycles. The second-order valence-electron chi connectivity index (χ2n) is 12.3. The molecule has 208 valence electrons. The number of allylic oxidation sites excluding steroid dienone is 2. The summed E-state index contributed by atoms with van der Waals surface area (Å²) in [5.41, 5.74) is -0.500. The summed E-state index contributed by atoms with van der Waals surface area (Å²) >= 11 is 0. The molecular formula is C33H42O5Si. The molecule has 1 atom stereocenters. The van der Waals surface area contributed by atoms with Crippen LogP contribution in [0.3, 0.4) is 0 Å². The molecule has 3 rings (SSSR count). The van der Waals surface area contributed by atoms with Crippen molar-refractivity contribution in [2.75, 3.05) is 0 Å². The fourth-order valence-corrected chi connectivity index (χ4v) is 9.78. The number of Topliss-reactive ketones (excluding diaryl/α,β-unsaturated/α-hetero) is 2. The van der Waals surface area contributed by atoms with Crippen LogP contribution in [0.25, 0.3) is 0 Å². The molecule has 0 radical (unpaired) electrons. The number of carbonyl (C=O) groups is 3. The lowest BCUT2D eigenvalue weighted by Crippen LogP contribution is -2.67. The quantitative estimate of drug-likeness (QED) is 0.206. The second kappa shape index (κ2) is 12.4. The number of rotatable bonds is 10. The van der Waals surface area contributed by atoms with Crippen molar-refractivity contribution in [2.45, 2.75) is 84.8 Å². The Hall–Kier alpha value is -3.09. The zero-order valence-corrected chi connectivity index (χ0v) is 25.2. The van der Waals surface area contributed by atoms with Crippen molar-refractivity contribution in [3.63, 3.8) is 0 Å². The highest BCUT2D eigenvalue weighted by Gasteiger charge is 2.51. The number of hydrogen-bond donors (Lipinski definition) is 0. The van der Waals surface area contributed by atoms with E-state index in [4.69, 9.17) is 9.16 Å². The van der Waals surface area contributed by atoms with E-state index in [1.807, 2.05) is 36.4 Å². The van der Waals surface area contributed by atoms with Crippen molar-refractivity contribution in [3.8, 4) is 0 Å². The summed E-state index contributed by atoms with van der Waals surface area (Å²) in [6.45, 7) is 15.7. The van der Waals surface area contributed by atoms with Gasteiger partial charge in [-0.15, -0.1) is 6.58 Å². The first-order chi connectivity index (χ1) is 18.3. The predicted octanol–water partition coefficient (Wildman–Crippen LogP) is 6.06. The van der Waals surface area contributed by atoms with Gasteiger partial charge in [0.15, 0.2) is 17.3 Å². The monoisotopic (exact) mass is 546 g/mol. The molecule has 39 heavy (non-hydrogen) atoms. The predicted molar refractivity (Wildman–Crippen MR) is 158 cm³/mol. The molecule has 0 aliphatic heterocycles. The van der Waals surface area contributed by atoms with Gasteiger partial charge in [-0.05, 0) is 55.4 Å². The van der Waals surface area contributed by atoms with E-state index in [0.717, 1.165) is 10.4 Å². The largest absolute Gasteiger partial charge is 0.422 e. The second-order valence-corrected chi connectivity index (χ2v) is 16.5. The zero-order valence-electron chi connectivity index (χ0n) is 24.2. The Morgan fingerprint density at radius 3 is 1.92 bits per heavy atom. The Kier molecular flexibility index (Phi) is 9.68. The standard InChI is InChI=1S/C33H42O5Si/c1-8-16-24(23-29(35)27-21-15-22-28(34)30(27)37-31(36)32(2,3)4)38-39(33(5,6)7,25-17-11-9-12-18-25)26-19-13-10-14-20-26/h8-14,17-20,24H,1,15-16,21-23H2,2-7H3/t24-/m0/s1. The smallest absolute Gasteiger partial charge is 0.316 e. The summed E-state index contributed by atoms with van der Waals surface area (Å²) < 4.78 is 12.8. The third-order valence-electron chi connectivity index (χ3n) is 7.10. The van der Waals surface area contributed by atoms with E-state index < -0.39 is 25.8 Å². The van der Waals surface area contributed by atoms with Crippen LogP contribution >= 0.6 is 0 Å². The highest BCUT2D eigenvalue weighted by atomic mass is 28.4. The zero-order chi connectivity index (χ0) is 28.8. The lowest BCUT2D eigenvalue weighted by molar-refractivity contribution is -0.151. The first-order valence-corrected chi connectivity index (χ1v) is 15.6. The van der Waals surface area contributed by atoms with Gasteiger partial charge in [0.05, 0.1) is 11.5 Å². The molecule has 0 unspecified atom stereocenters. The molecular weight excluding hydrogens is 504 g/mol. The van der Waals surface area contributed by atoms with Crippen LogP contribution in [-0.4, -0.2) is 32.0 Å². The highest BCUT2D eigenvalue weighted by molar-refractivity contribution is 6.99. The van der Waals surface area contributed by atoms with Gasteiger partial charge in [0.25, 0.3) is 8.32 Å². The molecule has 2 aromatic carbocycles. The Morgan fingerprint density at radius 1 is 0.923 bits per heavy atom. The average Bonchev–Trinajstić information content (AvgIpc) is 2.88.